The number of nitrogens with one attached hydrogen (secondary N) is 1. The van der Waals surface area contributed by atoms with Crippen molar-refractivity contribution < 1.29 is 13.9 Å². The molecule has 0 saturated carbocycles. The molecule has 1 amide bonds. The Balaban J connectivity index is 1.35. The minimum Gasteiger partial charge on any atom is -0.444 e. The Kier molecular flexibility index (Phi) is 5.59. The average Bonchev–Trinajstić information content (AvgIpc) is 3.36. The van der Waals surface area contributed by atoms with Crippen LogP contribution in [0.3, 0.4) is 0 Å². The third kappa shape index (κ3) is 4.35. The van der Waals surface area contributed by atoms with Crippen molar-refractivity contribution in [1.82, 2.24) is 39.2 Å². The van der Waals surface area contributed by atoms with Gasteiger partial charge in [-0.05, 0) is 39.0 Å². The molecule has 6 rings (SSSR count). The molecular weight excluding hydrogens is 505 g/mol. The lowest BCUT2D eigenvalue weighted by Gasteiger charge is -2.40. The number of nitrogens with two attached hydrogens (primary N) is 1. The van der Waals surface area contributed by atoms with E-state index >= 15 is 0 Å². The number of carbonyl (C=O) groups excluding carboxylic acids is 1. The summed E-state index contributed by atoms with van der Waals surface area (Å²) in [7, 11) is 0. The molecule has 1 aliphatic heterocycles. The fraction of sp³-hybridized carbons (Fsp3) is 0.308. The van der Waals surface area contributed by atoms with Crippen molar-refractivity contribution in [3.05, 3.63) is 64.5 Å². The molecule has 3 N–H and O–H groups in total. The number of ether oxygens (including phenoxy) is 1. The van der Waals surface area contributed by atoms with Gasteiger partial charge in [0.05, 0.1) is 18.0 Å². The summed E-state index contributed by atoms with van der Waals surface area (Å²) in [6.07, 6.45) is 1.19. The molecule has 0 bridgehead atoms. The van der Waals surface area contributed by atoms with E-state index in [1.54, 1.807) is 55.9 Å². The summed E-state index contributed by atoms with van der Waals surface area (Å²) in [6, 6.07) is 9.73. The van der Waals surface area contributed by atoms with Crippen LogP contribution >= 0.6 is 0 Å². The minimum absolute atomic E-state index is 0.0877. The third-order valence-corrected chi connectivity index (χ3v) is 6.47. The Labute approximate surface area is 221 Å². The topological polar surface area (TPSA) is 150 Å². The van der Waals surface area contributed by atoms with Gasteiger partial charge in [0.1, 0.15) is 22.6 Å². The molecule has 1 fully saturated rings. The van der Waals surface area contributed by atoms with Gasteiger partial charge in [-0.25, -0.2) is 33.6 Å². The molecule has 5 heterocycles. The highest BCUT2D eigenvalue weighted by Crippen LogP contribution is 2.30. The first-order valence-electron chi connectivity index (χ1n) is 12.4. The smallest absolute Gasteiger partial charge is 0.410 e. The number of H-pyrrole nitrogens is 1. The van der Waals surface area contributed by atoms with Crippen LogP contribution in [-0.4, -0.2) is 64.0 Å². The van der Waals surface area contributed by atoms with Gasteiger partial charge in [-0.15, -0.1) is 0 Å². The zero-order chi connectivity index (χ0) is 27.5. The fourth-order valence-electron chi connectivity index (χ4n) is 4.68. The number of carbonyl (C=O) groups is 1. The van der Waals surface area contributed by atoms with Crippen molar-refractivity contribution in [2.75, 3.05) is 18.8 Å². The van der Waals surface area contributed by atoms with Crippen molar-refractivity contribution in [1.29, 1.82) is 0 Å². The number of nitrogens with zero attached hydrogens (tertiary/aromatic N) is 7. The predicted octanol–water partition coefficient (Wildman–Crippen LogP) is 3.09. The van der Waals surface area contributed by atoms with Crippen LogP contribution < -0.4 is 11.4 Å². The number of nitrogen functional groups attached to an aromatic ring is 1. The standard InChI is InChI=1S/C26H26FN9O3/c1-26(2,3)39-25(38)34-12-15(13-34)36-19-20(28)30-21(31-22(19)32-24(36)37)18-16-8-6-10-29-23(16)35(33-18)11-14-7-4-5-9-17(14)27/h4-10,15H,11-13H2,1-3H3,(H3,28,30,31,32,37). The summed E-state index contributed by atoms with van der Waals surface area (Å²) in [6.45, 7) is 6.12. The summed E-state index contributed by atoms with van der Waals surface area (Å²) in [5.41, 5.74) is 7.32. The van der Waals surface area contributed by atoms with Crippen LogP contribution in [0.1, 0.15) is 32.4 Å². The Hall–Kier alpha value is -4.81. The molecule has 1 aliphatic rings. The first kappa shape index (κ1) is 24.5. The van der Waals surface area contributed by atoms with E-state index in [0.717, 1.165) is 0 Å². The molecule has 0 aliphatic carbocycles. The molecule has 200 valence electrons. The summed E-state index contributed by atoms with van der Waals surface area (Å²) in [4.78, 5) is 43.0. The van der Waals surface area contributed by atoms with E-state index < -0.39 is 17.4 Å². The van der Waals surface area contributed by atoms with Crippen LogP contribution in [0.4, 0.5) is 15.0 Å². The van der Waals surface area contributed by atoms with E-state index in [2.05, 4.69) is 25.0 Å². The van der Waals surface area contributed by atoms with Gasteiger partial charge < -0.3 is 15.4 Å². The summed E-state index contributed by atoms with van der Waals surface area (Å²) < 4.78 is 22.8. The number of anilines is 1. The molecule has 0 unspecified atom stereocenters. The van der Waals surface area contributed by atoms with Gasteiger partial charge in [-0.1, -0.05) is 18.2 Å². The van der Waals surface area contributed by atoms with Gasteiger partial charge in [0.2, 0.25) is 0 Å². The van der Waals surface area contributed by atoms with Gasteiger partial charge in [-0.2, -0.15) is 5.10 Å². The number of amides is 1. The van der Waals surface area contributed by atoms with Crippen molar-refractivity contribution in [3.8, 4) is 11.5 Å². The number of hydrogen-bond donors (Lipinski definition) is 2. The summed E-state index contributed by atoms with van der Waals surface area (Å²) in [5, 5.41) is 5.30. The second-order valence-corrected chi connectivity index (χ2v) is 10.4. The number of aromatic amines is 1. The molecule has 0 radical (unpaired) electrons. The number of imidazole rings is 1. The van der Waals surface area contributed by atoms with E-state index in [9.17, 15) is 14.0 Å². The molecule has 4 aromatic heterocycles. The van der Waals surface area contributed by atoms with Gasteiger partial charge in [0.25, 0.3) is 0 Å². The van der Waals surface area contributed by atoms with E-state index in [1.165, 1.54) is 15.5 Å². The molecule has 0 spiro atoms. The quantitative estimate of drug-likeness (QED) is 0.359. The molecule has 12 nitrogen and oxygen atoms in total. The number of benzene rings is 1. The first-order valence-corrected chi connectivity index (χ1v) is 12.4. The zero-order valence-electron chi connectivity index (χ0n) is 21.6. The van der Waals surface area contributed by atoms with Crippen LogP contribution in [0.25, 0.3) is 33.7 Å². The maximum Gasteiger partial charge on any atom is 0.410 e. The van der Waals surface area contributed by atoms with Gasteiger partial charge in [0, 0.05) is 24.8 Å². The molecule has 5 aromatic rings. The molecule has 0 atom stereocenters. The Morgan fingerprint density at radius 1 is 1.18 bits per heavy atom. The molecule has 1 saturated heterocycles. The third-order valence-electron chi connectivity index (χ3n) is 6.47. The Morgan fingerprint density at radius 3 is 2.69 bits per heavy atom. The summed E-state index contributed by atoms with van der Waals surface area (Å²) >= 11 is 0. The largest absolute Gasteiger partial charge is 0.444 e. The lowest BCUT2D eigenvalue weighted by molar-refractivity contribution is 0.00117. The zero-order valence-corrected chi connectivity index (χ0v) is 21.6. The normalized spacial score (nSPS) is 14.2. The highest BCUT2D eigenvalue weighted by atomic mass is 19.1. The highest BCUT2D eigenvalue weighted by Gasteiger charge is 2.37. The van der Waals surface area contributed by atoms with E-state index in [-0.39, 0.29) is 35.7 Å². The van der Waals surface area contributed by atoms with Gasteiger partial charge in [-0.3, -0.25) is 9.55 Å². The van der Waals surface area contributed by atoms with Crippen LogP contribution in [0.15, 0.2) is 47.4 Å². The highest BCUT2D eigenvalue weighted by molar-refractivity contribution is 5.92. The second-order valence-electron chi connectivity index (χ2n) is 10.4. The molecular formula is C26H26FN9O3. The van der Waals surface area contributed by atoms with Crippen molar-refractivity contribution in [3.63, 3.8) is 0 Å². The predicted molar refractivity (Wildman–Crippen MR) is 141 cm³/mol. The number of halogens is 1. The van der Waals surface area contributed by atoms with Crippen LogP contribution in [0.5, 0.6) is 0 Å². The van der Waals surface area contributed by atoms with Crippen LogP contribution in [0.2, 0.25) is 0 Å². The van der Waals surface area contributed by atoms with Crippen LogP contribution in [-0.2, 0) is 11.3 Å². The number of hydrogen-bond acceptors (Lipinski definition) is 8. The minimum atomic E-state index is -0.615. The molecule has 13 heteroatoms. The number of rotatable bonds is 4. The maximum absolute atomic E-state index is 14.3. The number of likely N-dealkylation sites (tertiary alicyclic amines) is 1. The second kappa shape index (κ2) is 8.89. The Morgan fingerprint density at radius 2 is 1.95 bits per heavy atom. The molecule has 39 heavy (non-hydrogen) atoms. The Bertz CT molecular complexity index is 1790. The number of fused-ring (bicyclic) bond motifs is 2. The lowest BCUT2D eigenvalue weighted by Crippen LogP contribution is -2.53. The first-order chi connectivity index (χ1) is 18.6. The lowest BCUT2D eigenvalue weighted by atomic mass is 10.1. The summed E-state index contributed by atoms with van der Waals surface area (Å²) in [5.74, 6) is -0.0619. The number of aromatic nitrogens is 7. The van der Waals surface area contributed by atoms with E-state index in [4.69, 9.17) is 10.5 Å². The van der Waals surface area contributed by atoms with Crippen molar-refractivity contribution in [2.24, 2.45) is 0 Å². The number of pyridine rings is 1. The van der Waals surface area contributed by atoms with Crippen molar-refractivity contribution in [2.45, 2.75) is 39.0 Å². The fourth-order valence-corrected chi connectivity index (χ4v) is 4.68. The van der Waals surface area contributed by atoms with E-state index in [1.807, 2.05) is 6.07 Å². The van der Waals surface area contributed by atoms with Gasteiger partial charge >= 0.3 is 11.8 Å². The monoisotopic (exact) mass is 531 g/mol. The SMILES string of the molecule is CC(C)(C)OC(=O)N1CC(n2c(=O)[nH]c3nc(-c4nn(Cc5ccccc5F)c5ncccc45)nc(N)c32)C1. The molecule has 1 aromatic carbocycles. The maximum atomic E-state index is 14.3. The van der Waals surface area contributed by atoms with Crippen molar-refractivity contribution >= 4 is 34.1 Å². The van der Waals surface area contributed by atoms with Crippen LogP contribution in [0, 0.1) is 5.82 Å². The average molecular weight is 532 g/mol. The van der Waals surface area contributed by atoms with E-state index in [0.29, 0.717) is 40.9 Å². The van der Waals surface area contributed by atoms with Gasteiger partial charge in [0.15, 0.2) is 22.9 Å².